The Morgan fingerprint density at radius 1 is 1.16 bits per heavy atom. The second-order valence-electron chi connectivity index (χ2n) is 5.27. The van der Waals surface area contributed by atoms with Crippen molar-refractivity contribution in [3.63, 3.8) is 0 Å². The molecule has 0 saturated carbocycles. The molecule has 0 aromatic heterocycles. The lowest BCUT2D eigenvalue weighted by Crippen LogP contribution is -2.04. The van der Waals surface area contributed by atoms with Gasteiger partial charge < -0.3 is 15.3 Å². The zero-order chi connectivity index (χ0) is 18.3. The minimum atomic E-state index is -0.878. The van der Waals surface area contributed by atoms with Gasteiger partial charge in [-0.15, -0.1) is 0 Å². The average Bonchev–Trinajstić information content (AvgIpc) is 2.58. The zero-order valence-corrected chi connectivity index (χ0v) is 13.9. The van der Waals surface area contributed by atoms with E-state index < -0.39 is 18.2 Å². The van der Waals surface area contributed by atoms with E-state index in [0.717, 1.165) is 5.56 Å². The maximum atomic E-state index is 10.3. The topological polar surface area (TPSA) is 77.8 Å². The molecule has 2 atom stereocenters. The van der Waals surface area contributed by atoms with Gasteiger partial charge in [0.15, 0.2) is 0 Å². The fraction of sp³-hybridized carbons (Fsp3) is 0.286. The molecular weight excluding hydrogens is 316 g/mol. The van der Waals surface area contributed by atoms with Gasteiger partial charge in [0.1, 0.15) is 6.10 Å². The first kappa shape index (κ1) is 20.3. The van der Waals surface area contributed by atoms with Crippen molar-refractivity contribution in [3.05, 3.63) is 60.2 Å². The molecule has 0 bridgehead atoms. The second kappa shape index (κ2) is 12.6. The highest BCUT2D eigenvalue weighted by Crippen LogP contribution is 2.00. The Morgan fingerprint density at radius 3 is 2.64 bits per heavy atom. The number of allylic oxidation sites excluding steroid dienone is 3. The van der Waals surface area contributed by atoms with Crippen LogP contribution in [0.25, 0.3) is 0 Å². The highest BCUT2D eigenvalue weighted by atomic mass is 16.4. The zero-order valence-electron chi connectivity index (χ0n) is 13.9. The molecule has 1 aromatic rings. The van der Waals surface area contributed by atoms with Crippen LogP contribution in [0.1, 0.15) is 31.2 Å². The first-order valence-electron chi connectivity index (χ1n) is 8.04. The van der Waals surface area contributed by atoms with Gasteiger partial charge >= 0.3 is 5.97 Å². The third-order valence-corrected chi connectivity index (χ3v) is 3.06. The lowest BCUT2D eigenvalue weighted by atomic mass is 10.1. The lowest BCUT2D eigenvalue weighted by Gasteiger charge is -1.99. The summed E-state index contributed by atoms with van der Waals surface area (Å²) in [6.07, 6.45) is 6.11. The third kappa shape index (κ3) is 11.4. The number of carbonyl (C=O) groups is 1. The van der Waals surface area contributed by atoms with Crippen LogP contribution in [-0.2, 0) is 4.79 Å². The van der Waals surface area contributed by atoms with E-state index in [0.29, 0.717) is 19.3 Å². The SMILES string of the molecule is O=C(O)CCC[C@@H](O)C#C/C=C/C=C/[C@H](O)CC#Cc1ccccc1. The van der Waals surface area contributed by atoms with Crippen molar-refractivity contribution in [1.82, 2.24) is 0 Å². The summed E-state index contributed by atoms with van der Waals surface area (Å²) in [5.41, 5.74) is 0.913. The van der Waals surface area contributed by atoms with E-state index in [1.165, 1.54) is 0 Å². The number of aliphatic carboxylic acids is 1. The average molecular weight is 338 g/mol. The molecule has 4 nitrogen and oxygen atoms in total. The summed E-state index contributed by atoms with van der Waals surface area (Å²) in [5.74, 6) is 10.3. The molecule has 4 heteroatoms. The third-order valence-electron chi connectivity index (χ3n) is 3.06. The summed E-state index contributed by atoms with van der Waals surface area (Å²) in [6, 6.07) is 9.57. The van der Waals surface area contributed by atoms with Crippen molar-refractivity contribution in [2.45, 2.75) is 37.9 Å². The first-order valence-corrected chi connectivity index (χ1v) is 8.04. The Balaban J connectivity index is 2.28. The monoisotopic (exact) mass is 338 g/mol. The molecular formula is C21H22O4. The van der Waals surface area contributed by atoms with Crippen LogP contribution in [0.2, 0.25) is 0 Å². The van der Waals surface area contributed by atoms with Crippen LogP contribution in [0.3, 0.4) is 0 Å². The fourth-order valence-electron chi connectivity index (χ4n) is 1.81. The largest absolute Gasteiger partial charge is 0.481 e. The van der Waals surface area contributed by atoms with Gasteiger partial charge in [-0.2, -0.15) is 0 Å². The van der Waals surface area contributed by atoms with Gasteiger partial charge in [0.2, 0.25) is 0 Å². The van der Waals surface area contributed by atoms with Crippen molar-refractivity contribution in [3.8, 4) is 23.7 Å². The van der Waals surface area contributed by atoms with Crippen LogP contribution >= 0.6 is 0 Å². The molecule has 25 heavy (non-hydrogen) atoms. The Hall–Kier alpha value is -2.79. The van der Waals surface area contributed by atoms with Crippen molar-refractivity contribution in [2.75, 3.05) is 0 Å². The second-order valence-corrected chi connectivity index (χ2v) is 5.27. The molecule has 0 spiro atoms. The van der Waals surface area contributed by atoms with Gasteiger partial charge in [0.05, 0.1) is 6.10 Å². The fourth-order valence-corrected chi connectivity index (χ4v) is 1.81. The number of aliphatic hydroxyl groups excluding tert-OH is 2. The number of hydrogen-bond acceptors (Lipinski definition) is 3. The van der Waals surface area contributed by atoms with Crippen LogP contribution in [-0.4, -0.2) is 33.5 Å². The smallest absolute Gasteiger partial charge is 0.303 e. The molecule has 130 valence electrons. The van der Waals surface area contributed by atoms with E-state index in [-0.39, 0.29) is 6.42 Å². The summed E-state index contributed by atoms with van der Waals surface area (Å²) in [7, 11) is 0. The predicted molar refractivity (Wildman–Crippen MR) is 97.5 cm³/mol. The van der Waals surface area contributed by atoms with E-state index in [9.17, 15) is 15.0 Å². The van der Waals surface area contributed by atoms with E-state index in [1.54, 1.807) is 24.3 Å². The number of aliphatic hydroxyl groups is 2. The summed E-state index contributed by atoms with van der Waals surface area (Å²) in [5, 5.41) is 27.8. The minimum Gasteiger partial charge on any atom is -0.481 e. The minimum absolute atomic E-state index is 0.0301. The molecule has 0 unspecified atom stereocenters. The van der Waals surface area contributed by atoms with E-state index in [2.05, 4.69) is 23.7 Å². The number of rotatable bonds is 7. The van der Waals surface area contributed by atoms with Crippen LogP contribution in [0.15, 0.2) is 54.6 Å². The number of benzene rings is 1. The molecule has 3 N–H and O–H groups in total. The first-order chi connectivity index (χ1) is 12.1. The molecule has 0 amide bonds. The molecule has 0 saturated heterocycles. The Labute approximate surface area is 148 Å². The Bertz CT molecular complexity index is 696. The Kier molecular flexibility index (Phi) is 10.2. The van der Waals surface area contributed by atoms with Crippen LogP contribution in [0, 0.1) is 23.7 Å². The van der Waals surface area contributed by atoms with Crippen LogP contribution in [0.4, 0.5) is 0 Å². The summed E-state index contributed by atoms with van der Waals surface area (Å²) < 4.78 is 0. The van der Waals surface area contributed by atoms with Crippen LogP contribution < -0.4 is 0 Å². The molecule has 0 aliphatic heterocycles. The van der Waals surface area contributed by atoms with Crippen molar-refractivity contribution < 1.29 is 20.1 Å². The van der Waals surface area contributed by atoms with Crippen molar-refractivity contribution in [2.24, 2.45) is 0 Å². The normalized spacial score (nSPS) is 12.9. The summed E-state index contributed by atoms with van der Waals surface area (Å²) in [4.78, 5) is 10.3. The summed E-state index contributed by atoms with van der Waals surface area (Å²) >= 11 is 0. The lowest BCUT2D eigenvalue weighted by molar-refractivity contribution is -0.137. The molecule has 1 aromatic carbocycles. The quantitative estimate of drug-likeness (QED) is 0.527. The molecule has 0 fully saturated rings. The molecule has 0 radical (unpaired) electrons. The maximum absolute atomic E-state index is 10.3. The van der Waals surface area contributed by atoms with E-state index in [1.807, 2.05) is 30.3 Å². The number of carboxylic acids is 1. The molecule has 1 rings (SSSR count). The van der Waals surface area contributed by atoms with Gasteiger partial charge in [-0.25, -0.2) is 0 Å². The molecule has 0 heterocycles. The number of hydrogen-bond donors (Lipinski definition) is 3. The standard InChI is InChI=1S/C21H22O4/c22-19(15-8-12-18-10-4-3-5-11-18)13-6-1-2-7-14-20(23)16-9-17-21(24)25/h1-6,10-11,13,19-20,22-23H,9,15-17H2,(H,24,25)/b2-1+,13-6+/t19-,20-/m0/s1. The van der Waals surface area contributed by atoms with E-state index in [4.69, 9.17) is 5.11 Å². The van der Waals surface area contributed by atoms with Crippen LogP contribution in [0.5, 0.6) is 0 Å². The van der Waals surface area contributed by atoms with Gasteiger partial charge in [-0.3, -0.25) is 4.79 Å². The Morgan fingerprint density at radius 2 is 1.92 bits per heavy atom. The van der Waals surface area contributed by atoms with Gasteiger partial charge in [-0.05, 0) is 31.1 Å². The van der Waals surface area contributed by atoms with Crippen molar-refractivity contribution in [1.29, 1.82) is 0 Å². The van der Waals surface area contributed by atoms with Gasteiger partial charge in [-0.1, -0.05) is 60.1 Å². The van der Waals surface area contributed by atoms with Gasteiger partial charge in [0, 0.05) is 18.4 Å². The number of carboxylic acid groups (broad SMARTS) is 1. The van der Waals surface area contributed by atoms with Gasteiger partial charge in [0.25, 0.3) is 0 Å². The highest BCUT2D eigenvalue weighted by Gasteiger charge is 2.01. The predicted octanol–water partition coefficient (Wildman–Crippen LogP) is 2.52. The molecule has 0 aliphatic carbocycles. The van der Waals surface area contributed by atoms with E-state index >= 15 is 0 Å². The maximum Gasteiger partial charge on any atom is 0.303 e. The summed E-state index contributed by atoms with van der Waals surface area (Å²) in [6.45, 7) is 0. The highest BCUT2D eigenvalue weighted by molar-refractivity contribution is 5.66. The molecule has 0 aliphatic rings. The van der Waals surface area contributed by atoms with Crippen molar-refractivity contribution >= 4 is 5.97 Å².